The Bertz CT molecular complexity index is 4240. The number of aromatic carboxylic acids is 1. The molecular weight excluding hydrogens is 1230 g/mol. The number of para-hydroxylation sites is 3. The number of nitrogens with one attached hydrogen (secondary N) is 2. The fourth-order valence-electron chi connectivity index (χ4n) is 14.0. The van der Waals surface area contributed by atoms with Crippen molar-refractivity contribution < 1.29 is 83.1 Å². The van der Waals surface area contributed by atoms with E-state index in [2.05, 4.69) is 44.4 Å². The van der Waals surface area contributed by atoms with Gasteiger partial charge in [0.1, 0.15) is 11.5 Å². The number of esters is 1. The standard InChI is InChI=1S/C27H33N3O4.C19H24N2O3.C18H22N2O3.C8H12N2O2.CH4.Na.H2O/c1-16-14-24(34-5)21(27(33)28-16)10-11-23(31)26-18(3)30(22-9-7-6-8-20(22)26)17(2)19-12-13-29(4)25(32)15-19;1-12(14-9-10-20(3)17(22)11-14)21-13(2)18(19(23)24-4)15-7-5-6-8-16(15)21;1-11(13-8-9-19(3)16(21)10-13)20-12(2)17(18(22)23)14-6-4-5-7-15(14)20;1-5-3-7(12-2)6(4-9)8(11)10-5;;;/h6-9,14,17,19H,10-13,15H2,1-5H3,(H,28,33);5-8,12,14H,9-11H2,1-4H3;4-7,11,13H,8-10H2,1-3H3,(H,22,23);3H,4,9H2,1-2H3,(H,10,11);1H4;;1H2/q;;;;;+1;/p-1. The minimum Gasteiger partial charge on any atom is -0.870 e. The fourth-order valence-corrected chi connectivity index (χ4v) is 14.0. The van der Waals surface area contributed by atoms with Crippen LogP contribution in [0.25, 0.3) is 32.7 Å². The second kappa shape index (κ2) is 34.1. The van der Waals surface area contributed by atoms with Crippen molar-refractivity contribution in [2.45, 2.75) is 139 Å². The van der Waals surface area contributed by atoms with Crippen LogP contribution in [0.1, 0.15) is 162 Å². The molecule has 22 nitrogen and oxygen atoms in total. The van der Waals surface area contributed by atoms with Gasteiger partial charge in [0.15, 0.2) is 5.78 Å². The summed E-state index contributed by atoms with van der Waals surface area (Å²) < 4.78 is 21.9. The molecule has 0 radical (unpaired) electrons. The molecule has 0 spiro atoms. The molecule has 6 unspecified atom stereocenters. The topological polar surface area (TPSA) is 297 Å². The molecule has 0 aliphatic carbocycles. The van der Waals surface area contributed by atoms with Gasteiger partial charge < -0.3 is 68.9 Å². The van der Waals surface area contributed by atoms with Crippen LogP contribution in [0.5, 0.6) is 11.5 Å². The quantitative estimate of drug-likeness (QED) is 0.0429. The van der Waals surface area contributed by atoms with Crippen molar-refractivity contribution in [3.63, 3.8) is 0 Å². The zero-order valence-corrected chi connectivity index (χ0v) is 59.7. The molecule has 23 heteroatoms. The summed E-state index contributed by atoms with van der Waals surface area (Å²) in [6.45, 7) is 18.3. The maximum Gasteiger partial charge on any atom is 1.00 e. The molecule has 0 saturated carbocycles. The van der Waals surface area contributed by atoms with Gasteiger partial charge >= 0.3 is 41.5 Å². The van der Waals surface area contributed by atoms with Crippen molar-refractivity contribution in [3.8, 4) is 11.5 Å². The minimum atomic E-state index is -0.899. The Hall–Kier alpha value is -8.28. The van der Waals surface area contributed by atoms with Gasteiger partial charge in [0.25, 0.3) is 11.1 Å². The number of likely N-dealkylation sites (tertiary alicyclic amines) is 3. The SMILES string of the molecule is C.COC(=O)c1c(C)n(C(C)C2CCN(C)C(=O)C2)c2ccccc12.COc1cc(C)[nH]c(=O)c1CCC(=O)c1c(C)n(C(C)C2CCN(C)C(=O)C2)c2ccccc12.COc1cc(C)[nH]c(=O)c1CN.Cc1c(C(=O)O)c2ccccc2n1C(C)C1CCN(C)C(=O)C1.[Na+].[OH-]. The molecule has 3 aliphatic rings. The number of benzene rings is 3. The molecule has 8 aromatic rings. The number of nitrogens with zero attached hydrogens (tertiary/aromatic N) is 6. The molecule has 6 N–H and O–H groups in total. The average Bonchev–Trinajstić information content (AvgIpc) is 1.62. The van der Waals surface area contributed by atoms with Crippen molar-refractivity contribution >= 4 is 68.2 Å². The first-order valence-electron chi connectivity index (χ1n) is 31.9. The van der Waals surface area contributed by atoms with Gasteiger partial charge in [0, 0.05) is 158 Å². The van der Waals surface area contributed by atoms with Crippen LogP contribution in [-0.2, 0) is 32.1 Å². The molecule has 3 amide bonds. The summed E-state index contributed by atoms with van der Waals surface area (Å²) in [6.07, 6.45) is 4.95. The number of fused-ring (bicyclic) bond motifs is 3. The number of pyridine rings is 2. The third-order valence-corrected chi connectivity index (χ3v) is 19.4. The first-order valence-corrected chi connectivity index (χ1v) is 31.9. The number of hydrogen-bond donors (Lipinski definition) is 4. The number of carboxylic acids is 1. The van der Waals surface area contributed by atoms with Crippen molar-refractivity contribution in [2.75, 3.05) is 62.1 Å². The number of carboxylic acid groups (broad SMARTS) is 1. The first-order chi connectivity index (χ1) is 44.3. The number of piperidine rings is 3. The Morgan fingerprint density at radius 3 is 1.24 bits per heavy atom. The van der Waals surface area contributed by atoms with E-state index in [1.54, 1.807) is 40.7 Å². The van der Waals surface area contributed by atoms with E-state index < -0.39 is 5.97 Å². The maximum atomic E-state index is 13.5. The normalized spacial score (nSPS) is 17.1. The van der Waals surface area contributed by atoms with Crippen LogP contribution in [-0.4, -0.2) is 147 Å². The number of ketones is 1. The number of methoxy groups -OCH3 is 3. The van der Waals surface area contributed by atoms with E-state index in [1.807, 2.05) is 115 Å². The van der Waals surface area contributed by atoms with Crippen molar-refractivity contribution in [1.29, 1.82) is 0 Å². The number of hydrogen-bond acceptors (Lipinski definition) is 13. The van der Waals surface area contributed by atoms with Gasteiger partial charge in [-0.25, -0.2) is 9.59 Å². The van der Waals surface area contributed by atoms with Crippen LogP contribution in [0.3, 0.4) is 0 Å². The van der Waals surface area contributed by atoms with Crippen LogP contribution >= 0.6 is 0 Å². The third-order valence-electron chi connectivity index (χ3n) is 19.4. The fraction of sp³-hybridized carbons (Fsp3) is 0.452. The van der Waals surface area contributed by atoms with Gasteiger partial charge in [-0.1, -0.05) is 62.0 Å². The van der Waals surface area contributed by atoms with Gasteiger partial charge in [0.2, 0.25) is 17.7 Å². The molecule has 512 valence electrons. The predicted molar refractivity (Wildman–Crippen MR) is 369 cm³/mol. The zero-order chi connectivity index (χ0) is 67.9. The molecule has 8 heterocycles. The van der Waals surface area contributed by atoms with Crippen LogP contribution in [0.2, 0.25) is 0 Å². The number of carbonyl (C=O) groups is 6. The number of aromatic amines is 2. The third kappa shape index (κ3) is 16.6. The number of Topliss-reactive ketones (excluding diaryl/α,β-unsaturated/α-hetero) is 1. The zero-order valence-electron chi connectivity index (χ0n) is 57.7. The number of carbonyl (C=O) groups excluding carboxylic acids is 5. The van der Waals surface area contributed by atoms with E-state index >= 15 is 0 Å². The monoisotopic (exact) mass is 1330 g/mol. The molecule has 6 atom stereocenters. The molecule has 5 aromatic heterocycles. The molecule has 11 rings (SSSR count). The van der Waals surface area contributed by atoms with Gasteiger partial charge in [-0.15, -0.1) is 0 Å². The number of aryl methyl sites for hydroxylation is 2. The summed E-state index contributed by atoms with van der Waals surface area (Å²) in [4.78, 5) is 108. The molecule has 0 bridgehead atoms. The van der Waals surface area contributed by atoms with E-state index in [1.165, 1.54) is 21.3 Å². The second-order valence-corrected chi connectivity index (χ2v) is 25.0. The Morgan fingerprint density at radius 2 is 0.885 bits per heavy atom. The number of H-pyrrole nitrogens is 2. The van der Waals surface area contributed by atoms with E-state index in [0.29, 0.717) is 65.0 Å². The Labute approximate surface area is 584 Å². The molecule has 3 saturated heterocycles. The smallest absolute Gasteiger partial charge is 0.870 e. The van der Waals surface area contributed by atoms with E-state index in [9.17, 15) is 43.5 Å². The van der Waals surface area contributed by atoms with E-state index in [4.69, 9.17) is 19.9 Å². The molecular formula is C73H96N9NaO13. The molecule has 96 heavy (non-hydrogen) atoms. The molecule has 3 aliphatic heterocycles. The second-order valence-electron chi connectivity index (χ2n) is 25.0. The summed E-state index contributed by atoms with van der Waals surface area (Å²) in [5.41, 5.74) is 14.7. The van der Waals surface area contributed by atoms with Crippen LogP contribution in [0.15, 0.2) is 94.5 Å². The largest absolute Gasteiger partial charge is 1.00 e. The number of rotatable bonds is 15. The molecule has 3 fully saturated rings. The van der Waals surface area contributed by atoms with E-state index in [-0.39, 0.29) is 132 Å². The number of aromatic nitrogens is 5. The summed E-state index contributed by atoms with van der Waals surface area (Å²) in [5, 5.41) is 12.2. The van der Waals surface area contributed by atoms with Gasteiger partial charge in [-0.3, -0.25) is 28.8 Å². The maximum absolute atomic E-state index is 13.5. The van der Waals surface area contributed by atoms with Crippen LogP contribution in [0, 0.1) is 52.4 Å². The van der Waals surface area contributed by atoms with Gasteiger partial charge in [-0.2, -0.15) is 0 Å². The predicted octanol–water partition coefficient (Wildman–Crippen LogP) is 8.06. The number of amides is 3. The average molecular weight is 1330 g/mol. The van der Waals surface area contributed by atoms with Crippen molar-refractivity contribution in [1.82, 2.24) is 38.4 Å². The van der Waals surface area contributed by atoms with Crippen molar-refractivity contribution in [2.24, 2.45) is 23.5 Å². The van der Waals surface area contributed by atoms with Gasteiger partial charge in [0.05, 0.1) is 43.6 Å². The van der Waals surface area contributed by atoms with E-state index in [0.717, 1.165) is 100 Å². The first kappa shape index (κ1) is 78.4. The number of nitrogens with two attached hydrogens (primary N) is 1. The summed E-state index contributed by atoms with van der Waals surface area (Å²) in [7, 11) is 10.0. The molecule has 3 aromatic carbocycles. The summed E-state index contributed by atoms with van der Waals surface area (Å²) in [5.74, 6) is 1.11. The van der Waals surface area contributed by atoms with Gasteiger partial charge in [-0.05, 0) is 129 Å². The minimum absolute atomic E-state index is 0. The summed E-state index contributed by atoms with van der Waals surface area (Å²) >= 11 is 0. The number of ether oxygens (including phenoxy) is 3. The van der Waals surface area contributed by atoms with Crippen LogP contribution < -0.4 is 55.9 Å². The summed E-state index contributed by atoms with van der Waals surface area (Å²) in [6, 6.07) is 27.3. The Balaban J connectivity index is 0.000000241. The van der Waals surface area contributed by atoms with Crippen molar-refractivity contribution in [3.05, 3.63) is 162 Å². The Kier molecular flexibility index (Phi) is 27.8. The Morgan fingerprint density at radius 1 is 0.552 bits per heavy atom. The van der Waals surface area contributed by atoms with Crippen LogP contribution in [0.4, 0.5) is 0 Å².